The summed E-state index contributed by atoms with van der Waals surface area (Å²) in [7, 11) is 0. The molecule has 0 aliphatic rings. The van der Waals surface area contributed by atoms with Crippen LogP contribution in [-0.4, -0.2) is 6.63 Å². The Balaban J connectivity index is 2.85. The van der Waals surface area contributed by atoms with E-state index in [1.807, 2.05) is 52.1 Å². The van der Waals surface area contributed by atoms with E-state index in [9.17, 15) is 4.11 Å². The summed E-state index contributed by atoms with van der Waals surface area (Å²) < 4.78 is 12.6. The standard InChI is InChI=1S/C6H6FISi/c7-9(8)6-4-2-1-3-5-6/h1-5,9H. The van der Waals surface area contributed by atoms with Crippen molar-refractivity contribution in [2.24, 2.45) is 0 Å². The molecule has 9 heavy (non-hydrogen) atoms. The third kappa shape index (κ3) is 2.06. The smallest absolute Gasteiger partial charge is 0.299 e. The van der Waals surface area contributed by atoms with Crippen molar-refractivity contribution in [3.63, 3.8) is 0 Å². The maximum absolute atomic E-state index is 12.6. The minimum Gasteiger partial charge on any atom is -0.299 e. The fourth-order valence-corrected chi connectivity index (χ4v) is 2.36. The predicted octanol–water partition coefficient (Wildman–Crippen LogP) is 1.52. The third-order valence-corrected chi connectivity index (χ3v) is 4.10. The highest BCUT2D eigenvalue weighted by atomic mass is 127. The van der Waals surface area contributed by atoms with Crippen molar-refractivity contribution in [3.05, 3.63) is 30.3 Å². The molecule has 1 rings (SSSR count). The number of rotatable bonds is 1. The first-order valence-electron chi connectivity index (χ1n) is 2.64. The minimum atomic E-state index is -2.06. The molecule has 0 N–H and O–H groups in total. The zero-order valence-corrected chi connectivity index (χ0v) is 8.03. The molecule has 0 amide bonds. The van der Waals surface area contributed by atoms with E-state index in [-0.39, 0.29) is 0 Å². The summed E-state index contributed by atoms with van der Waals surface area (Å²) in [5, 5.41) is 0.873. The maximum Gasteiger partial charge on any atom is 0.326 e. The highest BCUT2D eigenvalue weighted by Gasteiger charge is 2.04. The number of benzene rings is 1. The second-order valence-corrected chi connectivity index (χ2v) is 6.26. The molecule has 1 unspecified atom stereocenters. The highest BCUT2D eigenvalue weighted by molar-refractivity contribution is 14.1. The van der Waals surface area contributed by atoms with Gasteiger partial charge < -0.3 is 0 Å². The molecule has 0 aliphatic carbocycles. The Morgan fingerprint density at radius 3 is 2.11 bits per heavy atom. The van der Waals surface area contributed by atoms with Crippen LogP contribution in [0.3, 0.4) is 0 Å². The van der Waals surface area contributed by atoms with Gasteiger partial charge in [-0.1, -0.05) is 52.1 Å². The molecule has 0 fully saturated rings. The van der Waals surface area contributed by atoms with Crippen molar-refractivity contribution in [1.82, 2.24) is 0 Å². The average molecular weight is 252 g/mol. The Kier molecular flexibility index (Phi) is 2.65. The fourth-order valence-electron chi connectivity index (χ4n) is 0.599. The second-order valence-electron chi connectivity index (χ2n) is 1.71. The van der Waals surface area contributed by atoms with E-state index in [0.717, 1.165) is 5.19 Å². The lowest BCUT2D eigenvalue weighted by Gasteiger charge is -1.94. The summed E-state index contributed by atoms with van der Waals surface area (Å²) in [6, 6.07) is 9.31. The lowest BCUT2D eigenvalue weighted by Crippen LogP contribution is -2.16. The van der Waals surface area contributed by atoms with Crippen molar-refractivity contribution >= 4 is 33.6 Å². The van der Waals surface area contributed by atoms with Crippen LogP contribution in [0.4, 0.5) is 4.11 Å². The highest BCUT2D eigenvalue weighted by Crippen LogP contribution is 1.96. The molecule has 0 aliphatic heterocycles. The Morgan fingerprint density at radius 1 is 1.22 bits per heavy atom. The summed E-state index contributed by atoms with van der Waals surface area (Å²) in [4.78, 5) is 0. The van der Waals surface area contributed by atoms with Crippen LogP contribution in [0, 0.1) is 0 Å². The van der Waals surface area contributed by atoms with E-state index in [1.165, 1.54) is 0 Å². The maximum atomic E-state index is 12.6. The number of halogens is 2. The molecule has 0 heterocycles. The molecule has 0 aromatic heterocycles. The molecule has 0 saturated heterocycles. The SMILES string of the molecule is F[SiH](I)c1ccccc1. The van der Waals surface area contributed by atoms with Crippen LogP contribution in [0.25, 0.3) is 0 Å². The van der Waals surface area contributed by atoms with Gasteiger partial charge >= 0.3 is 6.63 Å². The van der Waals surface area contributed by atoms with Gasteiger partial charge in [0.1, 0.15) is 0 Å². The van der Waals surface area contributed by atoms with Gasteiger partial charge in [-0.2, -0.15) is 0 Å². The van der Waals surface area contributed by atoms with Gasteiger partial charge in [-0.3, -0.25) is 4.11 Å². The van der Waals surface area contributed by atoms with E-state index in [2.05, 4.69) is 0 Å². The zero-order valence-electron chi connectivity index (χ0n) is 4.72. The molecule has 48 valence electrons. The normalized spacial score (nSPS) is 13.1. The molecule has 3 heteroatoms. The first-order valence-corrected chi connectivity index (χ1v) is 7.82. The summed E-state index contributed by atoms with van der Waals surface area (Å²) in [6.45, 7) is -2.06. The summed E-state index contributed by atoms with van der Waals surface area (Å²) in [5.74, 6) is 0. The third-order valence-electron chi connectivity index (χ3n) is 1.05. The average Bonchev–Trinajstić information content (AvgIpc) is 1.90. The zero-order chi connectivity index (χ0) is 6.69. The molecule has 0 saturated carbocycles. The molecule has 0 nitrogen and oxygen atoms in total. The van der Waals surface area contributed by atoms with Crippen LogP contribution in [0.1, 0.15) is 0 Å². The topological polar surface area (TPSA) is 0 Å². The monoisotopic (exact) mass is 252 g/mol. The van der Waals surface area contributed by atoms with Gasteiger partial charge in [0.05, 0.1) is 0 Å². The van der Waals surface area contributed by atoms with Crippen LogP contribution in [0.2, 0.25) is 0 Å². The minimum absolute atomic E-state index is 0.873. The van der Waals surface area contributed by atoms with Gasteiger partial charge in [0, 0.05) is 0 Å². The van der Waals surface area contributed by atoms with E-state index in [0.29, 0.717) is 0 Å². The van der Waals surface area contributed by atoms with Crippen molar-refractivity contribution in [2.75, 3.05) is 0 Å². The molecule has 1 atom stereocenters. The molecule has 0 spiro atoms. The lowest BCUT2D eigenvalue weighted by atomic mass is 10.4. The first-order chi connectivity index (χ1) is 4.30. The van der Waals surface area contributed by atoms with E-state index in [1.54, 1.807) is 0 Å². The van der Waals surface area contributed by atoms with Gasteiger partial charge in [-0.25, -0.2) is 0 Å². The summed E-state index contributed by atoms with van der Waals surface area (Å²) in [5.41, 5.74) is 0. The van der Waals surface area contributed by atoms with Gasteiger partial charge in [-0.15, -0.1) is 0 Å². The van der Waals surface area contributed by atoms with Crippen LogP contribution in [-0.2, 0) is 0 Å². The molecule has 0 radical (unpaired) electrons. The van der Waals surface area contributed by atoms with Gasteiger partial charge in [-0.05, 0) is 5.19 Å². The second kappa shape index (κ2) is 3.31. The van der Waals surface area contributed by atoms with Crippen molar-refractivity contribution < 1.29 is 4.11 Å². The summed E-state index contributed by atoms with van der Waals surface area (Å²) >= 11 is 1.88. The Labute approximate surface area is 68.1 Å². The van der Waals surface area contributed by atoms with E-state index < -0.39 is 6.63 Å². The van der Waals surface area contributed by atoms with Crippen molar-refractivity contribution in [1.29, 1.82) is 0 Å². The summed E-state index contributed by atoms with van der Waals surface area (Å²) in [6.07, 6.45) is 0. The van der Waals surface area contributed by atoms with Crippen molar-refractivity contribution in [2.45, 2.75) is 0 Å². The van der Waals surface area contributed by atoms with Crippen LogP contribution in [0.15, 0.2) is 30.3 Å². The Morgan fingerprint density at radius 2 is 1.78 bits per heavy atom. The number of hydrogen-bond acceptors (Lipinski definition) is 0. The quantitative estimate of drug-likeness (QED) is 0.404. The van der Waals surface area contributed by atoms with Gasteiger partial charge in [0.15, 0.2) is 0 Å². The van der Waals surface area contributed by atoms with Crippen LogP contribution in [0.5, 0.6) is 0 Å². The first kappa shape index (κ1) is 7.21. The van der Waals surface area contributed by atoms with E-state index in [4.69, 9.17) is 0 Å². The molecule has 1 aromatic rings. The number of hydrogen-bond donors (Lipinski definition) is 0. The molecular weight excluding hydrogens is 246 g/mol. The largest absolute Gasteiger partial charge is 0.326 e. The fraction of sp³-hybridized carbons (Fsp3) is 0. The van der Waals surface area contributed by atoms with Crippen LogP contribution < -0.4 is 5.19 Å². The van der Waals surface area contributed by atoms with E-state index >= 15 is 0 Å². The predicted molar refractivity (Wildman–Crippen MR) is 48.4 cm³/mol. The van der Waals surface area contributed by atoms with Gasteiger partial charge in [0.25, 0.3) is 0 Å². The van der Waals surface area contributed by atoms with Crippen molar-refractivity contribution in [3.8, 4) is 0 Å². The Bertz CT molecular complexity index is 176. The Hall–Kier alpha value is 0.0969. The molecular formula is C6H6FISi. The van der Waals surface area contributed by atoms with Gasteiger partial charge in [0.2, 0.25) is 0 Å². The lowest BCUT2D eigenvalue weighted by molar-refractivity contribution is 0.881. The van der Waals surface area contributed by atoms with Crippen LogP contribution >= 0.6 is 21.8 Å². The molecule has 1 aromatic carbocycles. The molecule has 0 bridgehead atoms.